The minimum Gasteiger partial charge on any atom is -0.399 e. The molecule has 0 amide bonds. The molecule has 1 aliphatic heterocycles. The van der Waals surface area contributed by atoms with Crippen LogP contribution in [0, 0.1) is 0 Å². The van der Waals surface area contributed by atoms with Crippen molar-refractivity contribution in [2.45, 2.75) is 37.9 Å². The van der Waals surface area contributed by atoms with Gasteiger partial charge in [-0.15, -0.1) is 0 Å². The van der Waals surface area contributed by atoms with Gasteiger partial charge in [0.15, 0.2) is 6.29 Å². The third kappa shape index (κ3) is 5.93. The van der Waals surface area contributed by atoms with Crippen LogP contribution in [0.25, 0.3) is 0 Å². The maximum absolute atomic E-state index is 9.36. The molecule has 1 aromatic heterocycles. The minimum absolute atomic E-state index is 0.00596. The molecule has 2 aromatic carbocycles. The lowest BCUT2D eigenvalue weighted by molar-refractivity contribution is -0.252. The number of nitrogens with two attached hydrogens (primary N) is 1. The van der Waals surface area contributed by atoms with Gasteiger partial charge in [-0.25, -0.2) is 0 Å². The van der Waals surface area contributed by atoms with E-state index in [-0.39, 0.29) is 18.8 Å². The van der Waals surface area contributed by atoms with E-state index in [1.54, 1.807) is 0 Å². The zero-order valence-electron chi connectivity index (χ0n) is 18.4. The van der Waals surface area contributed by atoms with E-state index < -0.39 is 6.29 Å². The second-order valence-corrected chi connectivity index (χ2v) is 8.35. The van der Waals surface area contributed by atoms with Crippen molar-refractivity contribution in [1.29, 1.82) is 0 Å². The van der Waals surface area contributed by atoms with E-state index in [1.165, 1.54) is 0 Å². The van der Waals surface area contributed by atoms with Crippen molar-refractivity contribution in [2.75, 3.05) is 25.9 Å². The molecule has 1 saturated heterocycles. The third-order valence-electron chi connectivity index (χ3n) is 5.79. The number of likely N-dealkylation sites (N-methyl/N-ethyl adjacent to an activating group) is 1. The summed E-state index contributed by atoms with van der Waals surface area (Å²) < 4.78 is 12.7. The first-order valence-electron chi connectivity index (χ1n) is 11.0. The van der Waals surface area contributed by atoms with Crippen molar-refractivity contribution in [3.05, 3.63) is 95.3 Å². The number of nitrogen functional groups attached to an aromatic ring is 1. The largest absolute Gasteiger partial charge is 0.399 e. The monoisotopic (exact) mass is 433 g/mol. The van der Waals surface area contributed by atoms with Crippen LogP contribution in [0.1, 0.15) is 41.2 Å². The van der Waals surface area contributed by atoms with Crippen LogP contribution in [0.15, 0.2) is 72.9 Å². The van der Waals surface area contributed by atoms with Crippen molar-refractivity contribution in [3.8, 4) is 0 Å². The van der Waals surface area contributed by atoms with Gasteiger partial charge in [0, 0.05) is 49.1 Å². The third-order valence-corrected chi connectivity index (χ3v) is 5.79. The lowest BCUT2D eigenvalue weighted by Crippen LogP contribution is -2.38. The summed E-state index contributed by atoms with van der Waals surface area (Å²) in [5, 5.41) is 9.36. The summed E-state index contributed by atoms with van der Waals surface area (Å²) in [5.74, 6) is 0. The summed E-state index contributed by atoms with van der Waals surface area (Å²) in [7, 11) is 2.11. The highest BCUT2D eigenvalue weighted by atomic mass is 16.7. The molecule has 3 aromatic rings. The molecule has 1 aliphatic rings. The van der Waals surface area contributed by atoms with Gasteiger partial charge in [-0.2, -0.15) is 0 Å². The van der Waals surface area contributed by atoms with E-state index in [9.17, 15) is 5.11 Å². The number of aromatic nitrogens is 1. The summed E-state index contributed by atoms with van der Waals surface area (Å²) in [5.41, 5.74) is 10.7. The fourth-order valence-corrected chi connectivity index (χ4v) is 4.03. The van der Waals surface area contributed by atoms with Crippen molar-refractivity contribution in [3.63, 3.8) is 0 Å². The number of aliphatic hydroxyl groups excluding tert-OH is 1. The highest BCUT2D eigenvalue weighted by molar-refractivity contribution is 5.41. The number of aliphatic hydroxyl groups is 1. The van der Waals surface area contributed by atoms with Gasteiger partial charge in [-0.3, -0.25) is 4.98 Å². The van der Waals surface area contributed by atoms with Gasteiger partial charge in [-0.1, -0.05) is 42.5 Å². The number of pyridine rings is 1. The summed E-state index contributed by atoms with van der Waals surface area (Å²) in [6.07, 6.45) is 2.91. The first-order valence-corrected chi connectivity index (χ1v) is 11.0. The number of nitrogens with zero attached hydrogens (tertiary/aromatic N) is 2. The van der Waals surface area contributed by atoms with Crippen LogP contribution in [-0.2, 0) is 22.5 Å². The van der Waals surface area contributed by atoms with Gasteiger partial charge in [0.1, 0.15) is 0 Å². The molecular formula is C26H31N3O3. The van der Waals surface area contributed by atoms with E-state index >= 15 is 0 Å². The van der Waals surface area contributed by atoms with E-state index in [2.05, 4.69) is 23.0 Å². The molecule has 0 aliphatic carbocycles. The first-order chi connectivity index (χ1) is 15.6. The number of rotatable bonds is 8. The van der Waals surface area contributed by atoms with E-state index in [1.807, 2.05) is 66.9 Å². The van der Waals surface area contributed by atoms with Crippen LogP contribution in [-0.4, -0.2) is 41.2 Å². The Morgan fingerprint density at radius 1 is 1.03 bits per heavy atom. The summed E-state index contributed by atoms with van der Waals surface area (Å²) >= 11 is 0. The van der Waals surface area contributed by atoms with Gasteiger partial charge in [-0.05, 0) is 42.4 Å². The Hall–Kier alpha value is -2.77. The molecule has 0 bridgehead atoms. The Morgan fingerprint density at radius 3 is 2.59 bits per heavy atom. The van der Waals surface area contributed by atoms with Gasteiger partial charge in [0.05, 0.1) is 18.8 Å². The molecule has 2 heterocycles. The Morgan fingerprint density at radius 2 is 1.88 bits per heavy atom. The maximum Gasteiger partial charge on any atom is 0.185 e. The molecular weight excluding hydrogens is 402 g/mol. The number of benzene rings is 2. The first kappa shape index (κ1) is 22.4. The summed E-state index contributed by atoms with van der Waals surface area (Å²) in [6.45, 7) is 1.72. The molecule has 3 N–H and O–H groups in total. The maximum atomic E-state index is 9.36. The fourth-order valence-electron chi connectivity index (χ4n) is 4.03. The average Bonchev–Trinajstić information content (AvgIpc) is 2.83. The van der Waals surface area contributed by atoms with Crippen LogP contribution in [0.5, 0.6) is 0 Å². The van der Waals surface area contributed by atoms with Crippen LogP contribution in [0.4, 0.5) is 5.69 Å². The Kier molecular flexibility index (Phi) is 7.50. The van der Waals surface area contributed by atoms with Crippen molar-refractivity contribution >= 4 is 5.69 Å². The Bertz CT molecular complexity index is 981. The van der Waals surface area contributed by atoms with Gasteiger partial charge < -0.3 is 25.2 Å². The molecule has 4 rings (SSSR count). The topological polar surface area (TPSA) is 80.8 Å². The van der Waals surface area contributed by atoms with Crippen LogP contribution in [0.3, 0.4) is 0 Å². The molecule has 32 heavy (non-hydrogen) atoms. The van der Waals surface area contributed by atoms with Crippen molar-refractivity contribution in [1.82, 2.24) is 9.88 Å². The average molecular weight is 434 g/mol. The van der Waals surface area contributed by atoms with E-state index in [0.717, 1.165) is 48.3 Å². The van der Waals surface area contributed by atoms with E-state index in [4.69, 9.17) is 15.2 Å². The Balaban J connectivity index is 1.47. The number of ether oxygens (including phenoxy) is 2. The summed E-state index contributed by atoms with van der Waals surface area (Å²) in [6, 6.07) is 21.6. The smallest absolute Gasteiger partial charge is 0.185 e. The predicted octanol–water partition coefficient (Wildman–Crippen LogP) is 3.88. The summed E-state index contributed by atoms with van der Waals surface area (Å²) in [4.78, 5) is 6.70. The lowest BCUT2D eigenvalue weighted by atomic mass is 9.99. The number of hydrogen-bond donors (Lipinski definition) is 2. The van der Waals surface area contributed by atoms with Crippen LogP contribution in [0.2, 0.25) is 0 Å². The minimum atomic E-state index is -0.482. The normalized spacial score (nSPS) is 21.0. The molecule has 6 nitrogen and oxygen atoms in total. The highest BCUT2D eigenvalue weighted by Crippen LogP contribution is 2.38. The molecule has 1 fully saturated rings. The second kappa shape index (κ2) is 10.7. The van der Waals surface area contributed by atoms with Crippen LogP contribution < -0.4 is 5.73 Å². The van der Waals surface area contributed by atoms with Gasteiger partial charge in [0.25, 0.3) is 0 Å². The SMILES string of the molecule is CN(CCc1ccccn1)CC1CC(c2ccc(CO)cc2)OC(c2cccc(N)c2)O1. The van der Waals surface area contributed by atoms with Crippen LogP contribution >= 0.6 is 0 Å². The fraction of sp³-hybridized carbons (Fsp3) is 0.346. The standard InChI is InChI=1S/C26H31N3O3/c1-29(14-12-23-7-2-3-13-28-23)17-24-16-25(20-10-8-19(18-30)9-11-20)32-26(31-24)21-5-4-6-22(27)15-21/h2-11,13,15,24-26,30H,12,14,16-18,27H2,1H3. The molecule has 0 radical (unpaired) electrons. The molecule has 3 unspecified atom stereocenters. The van der Waals surface area contributed by atoms with Gasteiger partial charge >= 0.3 is 0 Å². The number of anilines is 1. The number of hydrogen-bond acceptors (Lipinski definition) is 6. The lowest BCUT2D eigenvalue weighted by Gasteiger charge is -2.38. The van der Waals surface area contributed by atoms with Gasteiger partial charge in [0.2, 0.25) is 0 Å². The van der Waals surface area contributed by atoms with Crippen molar-refractivity contribution in [2.24, 2.45) is 0 Å². The molecule has 168 valence electrons. The highest BCUT2D eigenvalue weighted by Gasteiger charge is 2.32. The zero-order chi connectivity index (χ0) is 22.3. The molecule has 3 atom stereocenters. The molecule has 0 saturated carbocycles. The van der Waals surface area contributed by atoms with Crippen molar-refractivity contribution < 1.29 is 14.6 Å². The quantitative estimate of drug-likeness (QED) is 0.525. The predicted molar refractivity (Wildman–Crippen MR) is 125 cm³/mol. The van der Waals surface area contributed by atoms with E-state index in [0.29, 0.717) is 5.69 Å². The molecule has 6 heteroatoms. The molecule has 0 spiro atoms. The zero-order valence-corrected chi connectivity index (χ0v) is 18.4. The Labute approximate surface area is 189 Å². The second-order valence-electron chi connectivity index (χ2n) is 8.35.